The van der Waals surface area contributed by atoms with E-state index in [9.17, 15) is 14.4 Å². The van der Waals surface area contributed by atoms with E-state index in [0.717, 1.165) is 19.3 Å². The van der Waals surface area contributed by atoms with E-state index in [1.54, 1.807) is 7.05 Å². The lowest BCUT2D eigenvalue weighted by Crippen LogP contribution is -2.43. The molecule has 0 spiro atoms. The van der Waals surface area contributed by atoms with Gasteiger partial charge in [0.05, 0.1) is 5.41 Å². The van der Waals surface area contributed by atoms with Crippen molar-refractivity contribution in [2.24, 2.45) is 5.41 Å². The van der Waals surface area contributed by atoms with Crippen LogP contribution in [0, 0.1) is 5.41 Å². The molecule has 0 aromatic heterocycles. The van der Waals surface area contributed by atoms with Crippen LogP contribution in [0.5, 0.6) is 0 Å². The second-order valence-corrected chi connectivity index (χ2v) is 5.35. The number of hydrogen-bond donors (Lipinski definition) is 2. The van der Waals surface area contributed by atoms with E-state index in [4.69, 9.17) is 5.11 Å². The van der Waals surface area contributed by atoms with Crippen LogP contribution in [0.15, 0.2) is 0 Å². The van der Waals surface area contributed by atoms with Gasteiger partial charge in [-0.3, -0.25) is 14.9 Å². The van der Waals surface area contributed by atoms with Crippen molar-refractivity contribution in [2.75, 3.05) is 13.6 Å². The molecule has 0 aliphatic carbocycles. The minimum Gasteiger partial charge on any atom is -0.481 e. The molecule has 3 amide bonds. The van der Waals surface area contributed by atoms with Crippen LogP contribution >= 0.6 is 0 Å². The molecule has 6 nitrogen and oxygen atoms in total. The number of hydrogen-bond acceptors (Lipinski definition) is 3. The Morgan fingerprint density at radius 3 is 2.26 bits per heavy atom. The number of unbranched alkanes of at least 4 members (excludes halogenated alkanes) is 2. The van der Waals surface area contributed by atoms with Crippen molar-refractivity contribution in [3.05, 3.63) is 0 Å². The van der Waals surface area contributed by atoms with Crippen LogP contribution in [0.2, 0.25) is 0 Å². The predicted molar refractivity (Wildman–Crippen MR) is 71.7 cm³/mol. The standard InChI is InChI=1S/C13H24N2O4/c1-5-6-7-8-15(4)12(19)14-10(16)9-13(2,3)11(17)18/h5-9H2,1-4H3,(H,17,18)(H,14,16,19). The van der Waals surface area contributed by atoms with Gasteiger partial charge in [0.25, 0.3) is 0 Å². The third kappa shape index (κ3) is 6.79. The van der Waals surface area contributed by atoms with Crippen molar-refractivity contribution in [2.45, 2.75) is 46.5 Å². The number of carbonyl (C=O) groups is 3. The summed E-state index contributed by atoms with van der Waals surface area (Å²) < 4.78 is 0. The zero-order valence-corrected chi connectivity index (χ0v) is 12.2. The number of urea groups is 1. The van der Waals surface area contributed by atoms with Gasteiger partial charge in [-0.05, 0) is 20.3 Å². The molecular weight excluding hydrogens is 248 g/mol. The number of aliphatic carboxylic acids is 1. The van der Waals surface area contributed by atoms with Gasteiger partial charge in [-0.1, -0.05) is 19.8 Å². The number of amides is 3. The van der Waals surface area contributed by atoms with Gasteiger partial charge in [0, 0.05) is 20.0 Å². The number of carbonyl (C=O) groups excluding carboxylic acids is 2. The number of carboxylic acids is 1. The van der Waals surface area contributed by atoms with Crippen LogP contribution in [-0.4, -0.2) is 41.5 Å². The second-order valence-electron chi connectivity index (χ2n) is 5.35. The van der Waals surface area contributed by atoms with Crippen LogP contribution in [0.1, 0.15) is 46.5 Å². The first-order chi connectivity index (χ1) is 8.70. The Bertz CT molecular complexity index is 340. The molecule has 6 heteroatoms. The molecule has 0 saturated heterocycles. The molecule has 0 rings (SSSR count). The normalized spacial score (nSPS) is 10.9. The summed E-state index contributed by atoms with van der Waals surface area (Å²) in [6.07, 6.45) is 2.74. The molecular formula is C13H24N2O4. The van der Waals surface area contributed by atoms with Crippen LogP contribution in [0.3, 0.4) is 0 Å². The highest BCUT2D eigenvalue weighted by molar-refractivity contribution is 5.96. The molecule has 0 saturated carbocycles. The topological polar surface area (TPSA) is 86.7 Å². The third-order valence-corrected chi connectivity index (χ3v) is 2.87. The van der Waals surface area contributed by atoms with Gasteiger partial charge in [-0.15, -0.1) is 0 Å². The van der Waals surface area contributed by atoms with Crippen molar-refractivity contribution in [3.8, 4) is 0 Å². The molecule has 0 aromatic carbocycles. The third-order valence-electron chi connectivity index (χ3n) is 2.87. The second kappa shape index (κ2) is 7.76. The molecule has 0 aliphatic heterocycles. The van der Waals surface area contributed by atoms with E-state index in [2.05, 4.69) is 12.2 Å². The maximum absolute atomic E-state index is 11.6. The van der Waals surface area contributed by atoms with E-state index in [0.29, 0.717) is 6.54 Å². The number of nitrogens with one attached hydrogen (secondary N) is 1. The zero-order valence-electron chi connectivity index (χ0n) is 12.2. The maximum atomic E-state index is 11.6. The van der Waals surface area contributed by atoms with Gasteiger partial charge in [-0.2, -0.15) is 0 Å². The summed E-state index contributed by atoms with van der Waals surface area (Å²) in [5.74, 6) is -1.63. The molecule has 0 atom stereocenters. The smallest absolute Gasteiger partial charge is 0.323 e. The average Bonchev–Trinajstić information content (AvgIpc) is 2.27. The molecule has 0 aromatic rings. The molecule has 0 fully saturated rings. The molecule has 0 aliphatic rings. The maximum Gasteiger partial charge on any atom is 0.323 e. The predicted octanol–water partition coefficient (Wildman–Crippen LogP) is 1.85. The number of nitrogens with zero attached hydrogens (tertiary/aromatic N) is 1. The number of rotatable bonds is 7. The molecule has 0 unspecified atom stereocenters. The minimum absolute atomic E-state index is 0.225. The van der Waals surface area contributed by atoms with Crippen molar-refractivity contribution >= 4 is 17.9 Å². The summed E-state index contributed by atoms with van der Waals surface area (Å²) in [6.45, 7) is 5.54. The molecule has 0 bridgehead atoms. The number of carboxylic acid groups (broad SMARTS) is 1. The highest BCUT2D eigenvalue weighted by atomic mass is 16.4. The first kappa shape index (κ1) is 17.4. The molecule has 0 heterocycles. The van der Waals surface area contributed by atoms with Gasteiger partial charge < -0.3 is 10.0 Å². The summed E-state index contributed by atoms with van der Waals surface area (Å²) in [5.41, 5.74) is -1.18. The summed E-state index contributed by atoms with van der Waals surface area (Å²) in [6, 6.07) is -0.484. The van der Waals surface area contributed by atoms with Crippen molar-refractivity contribution in [1.29, 1.82) is 0 Å². The Labute approximate surface area is 114 Å². The molecule has 110 valence electrons. The lowest BCUT2D eigenvalue weighted by atomic mass is 9.89. The molecule has 0 radical (unpaired) electrons. The fourth-order valence-electron chi connectivity index (χ4n) is 1.44. The quantitative estimate of drug-likeness (QED) is 0.692. The highest BCUT2D eigenvalue weighted by Crippen LogP contribution is 2.19. The molecule has 19 heavy (non-hydrogen) atoms. The van der Waals surface area contributed by atoms with Gasteiger partial charge in [0.15, 0.2) is 0 Å². The summed E-state index contributed by atoms with van der Waals surface area (Å²) >= 11 is 0. The van der Waals surface area contributed by atoms with E-state index < -0.39 is 23.3 Å². The van der Waals surface area contributed by atoms with E-state index in [1.165, 1.54) is 18.7 Å². The largest absolute Gasteiger partial charge is 0.481 e. The summed E-state index contributed by atoms with van der Waals surface area (Å²) in [5, 5.41) is 11.1. The van der Waals surface area contributed by atoms with Gasteiger partial charge >= 0.3 is 12.0 Å². The van der Waals surface area contributed by atoms with Gasteiger partial charge in [-0.25, -0.2) is 4.79 Å². The Morgan fingerprint density at radius 2 is 1.79 bits per heavy atom. The van der Waals surface area contributed by atoms with Crippen molar-refractivity contribution in [1.82, 2.24) is 10.2 Å². The fourth-order valence-corrected chi connectivity index (χ4v) is 1.44. The summed E-state index contributed by atoms with van der Waals surface area (Å²) in [4.78, 5) is 35.5. The molecule has 2 N–H and O–H groups in total. The Hall–Kier alpha value is -1.59. The van der Waals surface area contributed by atoms with Crippen molar-refractivity contribution in [3.63, 3.8) is 0 Å². The van der Waals surface area contributed by atoms with Crippen LogP contribution in [-0.2, 0) is 9.59 Å². The monoisotopic (exact) mass is 272 g/mol. The Kier molecular flexibility index (Phi) is 7.11. The van der Waals surface area contributed by atoms with E-state index in [-0.39, 0.29) is 6.42 Å². The van der Waals surface area contributed by atoms with E-state index in [1.807, 2.05) is 0 Å². The SMILES string of the molecule is CCCCCN(C)C(=O)NC(=O)CC(C)(C)C(=O)O. The Balaban J connectivity index is 4.19. The van der Waals surface area contributed by atoms with Gasteiger partial charge in [0.1, 0.15) is 0 Å². The van der Waals surface area contributed by atoms with E-state index >= 15 is 0 Å². The average molecular weight is 272 g/mol. The minimum atomic E-state index is -1.18. The van der Waals surface area contributed by atoms with Crippen LogP contribution < -0.4 is 5.32 Å². The summed E-state index contributed by atoms with van der Waals surface area (Å²) in [7, 11) is 1.61. The highest BCUT2D eigenvalue weighted by Gasteiger charge is 2.30. The Morgan fingerprint density at radius 1 is 1.21 bits per heavy atom. The lowest BCUT2D eigenvalue weighted by molar-refractivity contribution is -0.149. The fraction of sp³-hybridized carbons (Fsp3) is 0.769. The van der Waals surface area contributed by atoms with Crippen molar-refractivity contribution < 1.29 is 19.5 Å². The first-order valence-electron chi connectivity index (χ1n) is 6.49. The van der Waals surface area contributed by atoms with Gasteiger partial charge in [0.2, 0.25) is 5.91 Å². The zero-order chi connectivity index (χ0) is 15.1. The number of imide groups is 1. The van der Waals surface area contributed by atoms with Crippen LogP contribution in [0.4, 0.5) is 4.79 Å². The first-order valence-corrected chi connectivity index (χ1v) is 6.49. The lowest BCUT2D eigenvalue weighted by Gasteiger charge is -2.20. The van der Waals surface area contributed by atoms with Crippen LogP contribution in [0.25, 0.3) is 0 Å².